The van der Waals surface area contributed by atoms with Crippen LogP contribution in [0.5, 0.6) is 0 Å². The Bertz CT molecular complexity index is 1070. The number of thioether (sulfide) groups is 1. The summed E-state index contributed by atoms with van der Waals surface area (Å²) in [5.41, 5.74) is 3.65. The number of aromatic nitrogens is 3. The van der Waals surface area contributed by atoms with Gasteiger partial charge in [0, 0.05) is 18.2 Å². The fourth-order valence-corrected chi connectivity index (χ4v) is 3.63. The fraction of sp³-hybridized carbons (Fsp3) is 0.158. The van der Waals surface area contributed by atoms with Crippen molar-refractivity contribution in [2.24, 2.45) is 0 Å². The molecule has 2 aromatic carbocycles. The molecule has 1 amide bonds. The van der Waals surface area contributed by atoms with Crippen LogP contribution in [0, 0.1) is 10.1 Å². The molecule has 0 radical (unpaired) electrons. The molecular weight excluding hydrogens is 424 g/mol. The molecule has 0 bridgehead atoms. The molecule has 30 heavy (non-hydrogen) atoms. The third-order valence-electron chi connectivity index (χ3n) is 4.01. The number of nitro benzene ring substituents is 1. The summed E-state index contributed by atoms with van der Waals surface area (Å²) >= 11 is 6.70. The van der Waals surface area contributed by atoms with E-state index >= 15 is 0 Å². The van der Waals surface area contributed by atoms with E-state index in [4.69, 9.17) is 12.2 Å². The molecule has 0 aliphatic rings. The Morgan fingerprint density at radius 3 is 2.57 bits per heavy atom. The quantitative estimate of drug-likeness (QED) is 0.248. The first-order chi connectivity index (χ1) is 14.5. The van der Waals surface area contributed by atoms with E-state index in [2.05, 4.69) is 20.9 Å². The van der Waals surface area contributed by atoms with E-state index in [1.54, 1.807) is 10.7 Å². The number of rotatable bonds is 7. The molecule has 0 aliphatic heterocycles. The minimum absolute atomic E-state index is 0.0192. The van der Waals surface area contributed by atoms with Crippen LogP contribution in [0.1, 0.15) is 28.7 Å². The van der Waals surface area contributed by atoms with Crippen molar-refractivity contribution in [3.63, 3.8) is 0 Å². The molecule has 0 aliphatic carbocycles. The zero-order chi connectivity index (χ0) is 21.5. The first-order valence-electron chi connectivity index (χ1n) is 8.96. The van der Waals surface area contributed by atoms with Gasteiger partial charge in [0.25, 0.3) is 11.6 Å². The van der Waals surface area contributed by atoms with Gasteiger partial charge in [0.1, 0.15) is 5.56 Å². The molecule has 3 aromatic rings. The summed E-state index contributed by atoms with van der Waals surface area (Å²) in [6, 6.07) is 15.6. The normalized spacial score (nSPS) is 10.4. The highest BCUT2D eigenvalue weighted by Gasteiger charge is 2.21. The lowest BCUT2D eigenvalue weighted by atomic mass is 10.1. The third-order valence-corrected chi connectivity index (χ3v) is 5.21. The van der Waals surface area contributed by atoms with E-state index in [1.165, 1.54) is 30.0 Å². The zero-order valence-electron chi connectivity index (χ0n) is 15.9. The number of nitro groups is 1. The third kappa shape index (κ3) is 5.19. The Hall–Kier alpha value is -3.31. The first kappa shape index (κ1) is 21.4. The van der Waals surface area contributed by atoms with Crippen molar-refractivity contribution in [1.82, 2.24) is 20.2 Å². The van der Waals surface area contributed by atoms with Gasteiger partial charge in [0.2, 0.25) is 5.16 Å². The highest BCUT2D eigenvalue weighted by molar-refractivity contribution is 7.98. The van der Waals surface area contributed by atoms with Crippen LogP contribution in [0.15, 0.2) is 59.8 Å². The Kier molecular flexibility index (Phi) is 7.09. The van der Waals surface area contributed by atoms with Gasteiger partial charge >= 0.3 is 0 Å². The molecule has 0 fully saturated rings. The van der Waals surface area contributed by atoms with Gasteiger partial charge in [-0.2, -0.15) is 0 Å². The van der Waals surface area contributed by atoms with Crippen molar-refractivity contribution in [1.29, 1.82) is 0 Å². The van der Waals surface area contributed by atoms with Gasteiger partial charge in [-0.15, -0.1) is 10.2 Å². The molecular formula is C19H18N6O3S2. The van der Waals surface area contributed by atoms with Crippen molar-refractivity contribution in [2.75, 3.05) is 5.43 Å². The highest BCUT2D eigenvalue weighted by atomic mass is 32.2. The monoisotopic (exact) mass is 442 g/mol. The minimum Gasteiger partial charge on any atom is -0.297 e. The lowest BCUT2D eigenvalue weighted by Gasteiger charge is -2.13. The second kappa shape index (κ2) is 9.94. The van der Waals surface area contributed by atoms with Crippen LogP contribution in [-0.2, 0) is 12.2 Å². The van der Waals surface area contributed by atoms with Gasteiger partial charge in [-0.25, -0.2) is 4.68 Å². The van der Waals surface area contributed by atoms with Crippen LogP contribution in [-0.4, -0.2) is 30.8 Å². The molecule has 0 saturated heterocycles. The molecule has 0 unspecified atom stereocenters. The molecule has 0 spiro atoms. The Morgan fingerprint density at radius 1 is 1.17 bits per heavy atom. The van der Waals surface area contributed by atoms with Crippen molar-refractivity contribution < 1.29 is 9.72 Å². The molecule has 0 saturated carbocycles. The predicted molar refractivity (Wildman–Crippen MR) is 118 cm³/mol. The number of hydrogen-bond acceptors (Lipinski definition) is 7. The summed E-state index contributed by atoms with van der Waals surface area (Å²) in [6.45, 7) is 1.92. The number of hydrogen-bond donors (Lipinski definition) is 2. The van der Waals surface area contributed by atoms with Crippen LogP contribution in [0.4, 0.5) is 5.69 Å². The summed E-state index contributed by atoms with van der Waals surface area (Å²) in [5.74, 6) is 0.636. The van der Waals surface area contributed by atoms with Crippen LogP contribution in [0.2, 0.25) is 0 Å². The van der Waals surface area contributed by atoms with Crippen molar-refractivity contribution >= 4 is 40.7 Å². The topological polar surface area (TPSA) is 115 Å². The van der Waals surface area contributed by atoms with Crippen LogP contribution in [0.3, 0.4) is 0 Å². The molecule has 9 nitrogen and oxygen atoms in total. The van der Waals surface area contributed by atoms with Crippen LogP contribution < -0.4 is 10.7 Å². The highest BCUT2D eigenvalue weighted by Crippen LogP contribution is 2.21. The fourth-order valence-electron chi connectivity index (χ4n) is 2.58. The van der Waals surface area contributed by atoms with Crippen molar-refractivity contribution in [2.45, 2.75) is 24.3 Å². The minimum atomic E-state index is -0.676. The van der Waals surface area contributed by atoms with E-state index in [0.717, 1.165) is 5.56 Å². The molecule has 2 N–H and O–H groups in total. The lowest BCUT2D eigenvalue weighted by Crippen LogP contribution is -2.39. The number of para-hydroxylation sites is 1. The summed E-state index contributed by atoms with van der Waals surface area (Å²) in [4.78, 5) is 23.0. The number of nitrogens with zero attached hydrogens (tertiary/aromatic N) is 4. The standard InChI is InChI=1S/C19H18N6O3S2/c1-2-16-21-22-19(30-12-13-8-4-3-5-9-13)24(16)23-18(29)20-17(26)14-10-6-7-11-15(14)25(27)28/h3-11H,2,12H2,1H3,(H2,20,23,26,29). The Balaban J connectivity index is 1.71. The molecule has 154 valence electrons. The maximum absolute atomic E-state index is 12.5. The van der Waals surface area contributed by atoms with E-state index < -0.39 is 10.8 Å². The van der Waals surface area contributed by atoms with E-state index in [0.29, 0.717) is 23.2 Å². The maximum atomic E-state index is 12.5. The van der Waals surface area contributed by atoms with Crippen LogP contribution in [0.25, 0.3) is 0 Å². The molecule has 3 rings (SSSR count). The molecule has 0 atom stereocenters. The summed E-state index contributed by atoms with van der Waals surface area (Å²) in [6.07, 6.45) is 0.590. The molecule has 11 heteroatoms. The van der Waals surface area contributed by atoms with Crippen molar-refractivity contribution in [3.8, 4) is 0 Å². The summed E-state index contributed by atoms with van der Waals surface area (Å²) in [5, 5.41) is 22.5. The second-order valence-electron chi connectivity index (χ2n) is 6.03. The average molecular weight is 443 g/mol. The zero-order valence-corrected chi connectivity index (χ0v) is 17.6. The predicted octanol–water partition coefficient (Wildman–Crippen LogP) is 3.30. The number of nitrogens with one attached hydrogen (secondary N) is 2. The Morgan fingerprint density at radius 2 is 1.87 bits per heavy atom. The maximum Gasteiger partial charge on any atom is 0.282 e. The molecule has 1 heterocycles. The van der Waals surface area contributed by atoms with Gasteiger partial charge in [-0.1, -0.05) is 61.2 Å². The molecule has 1 aromatic heterocycles. The average Bonchev–Trinajstić information content (AvgIpc) is 3.14. The SMILES string of the molecule is CCc1nnc(SCc2ccccc2)n1NC(=S)NC(=O)c1ccccc1[N+](=O)[O-]. The van der Waals surface area contributed by atoms with E-state index in [-0.39, 0.29) is 16.4 Å². The Labute approximate surface area is 182 Å². The number of amides is 1. The number of carbonyl (C=O) groups excluding carboxylic acids is 1. The number of benzene rings is 2. The van der Waals surface area contributed by atoms with E-state index in [9.17, 15) is 14.9 Å². The summed E-state index contributed by atoms with van der Waals surface area (Å²) < 4.78 is 1.61. The van der Waals surface area contributed by atoms with Gasteiger partial charge < -0.3 is 0 Å². The largest absolute Gasteiger partial charge is 0.297 e. The van der Waals surface area contributed by atoms with Gasteiger partial charge in [0.15, 0.2) is 10.9 Å². The lowest BCUT2D eigenvalue weighted by molar-refractivity contribution is -0.385. The van der Waals surface area contributed by atoms with Crippen LogP contribution >= 0.6 is 24.0 Å². The second-order valence-corrected chi connectivity index (χ2v) is 7.38. The van der Waals surface area contributed by atoms with Gasteiger partial charge in [-0.05, 0) is 23.8 Å². The van der Waals surface area contributed by atoms with E-state index in [1.807, 2.05) is 37.3 Å². The summed E-state index contributed by atoms with van der Waals surface area (Å²) in [7, 11) is 0. The first-order valence-corrected chi connectivity index (χ1v) is 10.4. The number of thiocarbonyl (C=S) groups is 1. The van der Waals surface area contributed by atoms with Gasteiger partial charge in [-0.3, -0.25) is 25.7 Å². The van der Waals surface area contributed by atoms with Gasteiger partial charge in [0.05, 0.1) is 4.92 Å². The number of aryl methyl sites for hydroxylation is 1. The number of carbonyl (C=O) groups is 1. The smallest absolute Gasteiger partial charge is 0.282 e. The van der Waals surface area contributed by atoms with Crippen molar-refractivity contribution in [3.05, 3.63) is 81.7 Å².